The molecule has 1 fully saturated rings. The molecule has 122 valence electrons. The van der Waals surface area contributed by atoms with E-state index in [0.29, 0.717) is 12.5 Å². The van der Waals surface area contributed by atoms with Crippen molar-refractivity contribution < 1.29 is 26.9 Å². The predicted octanol–water partition coefficient (Wildman–Crippen LogP) is 3.03. The highest BCUT2D eigenvalue weighted by Crippen LogP contribution is 2.30. The molecule has 1 heterocycles. The molecule has 5 nitrogen and oxygen atoms in total. The van der Waals surface area contributed by atoms with Crippen molar-refractivity contribution in [3.8, 4) is 11.4 Å². The molecular weight excluding hydrogens is 318 g/mol. The maximum atomic E-state index is 14.0. The minimum Gasteiger partial charge on any atom is -0.352 e. The quantitative estimate of drug-likeness (QED) is 0.876. The fourth-order valence-electron chi connectivity index (χ4n) is 1.95. The highest BCUT2D eigenvalue weighted by molar-refractivity contribution is 5.94. The molecule has 0 unspecified atom stereocenters. The molecular formula is C14H11F4N3O2. The first-order valence-electron chi connectivity index (χ1n) is 6.83. The number of alkyl halides is 3. The van der Waals surface area contributed by atoms with E-state index in [1.54, 1.807) is 0 Å². The summed E-state index contributed by atoms with van der Waals surface area (Å²) >= 11 is 0. The number of benzene rings is 1. The number of carbonyl (C=O) groups excluding carboxylic acids is 1. The minimum absolute atomic E-state index is 0.0134. The zero-order valence-electron chi connectivity index (χ0n) is 11.7. The van der Waals surface area contributed by atoms with Crippen LogP contribution in [0, 0.1) is 11.7 Å². The molecule has 1 N–H and O–H groups in total. The molecule has 3 rings (SSSR count). The molecule has 1 saturated carbocycles. The van der Waals surface area contributed by atoms with Crippen LogP contribution in [0.25, 0.3) is 11.4 Å². The second-order valence-corrected chi connectivity index (χ2v) is 5.27. The second-order valence-electron chi connectivity index (χ2n) is 5.27. The molecule has 1 aliphatic carbocycles. The fraction of sp³-hybridized carbons (Fsp3) is 0.357. The van der Waals surface area contributed by atoms with Crippen molar-refractivity contribution in [1.82, 2.24) is 15.5 Å². The summed E-state index contributed by atoms with van der Waals surface area (Å²) in [5.41, 5.74) is -0.200. The van der Waals surface area contributed by atoms with Gasteiger partial charge >= 0.3 is 12.1 Å². The Bertz CT molecular complexity index is 738. The fourth-order valence-corrected chi connectivity index (χ4v) is 1.95. The van der Waals surface area contributed by atoms with Crippen LogP contribution in [0.2, 0.25) is 0 Å². The van der Waals surface area contributed by atoms with Gasteiger partial charge in [0.05, 0.1) is 5.56 Å². The largest absolute Gasteiger partial charge is 0.471 e. The number of nitrogens with zero attached hydrogens (tertiary/aromatic N) is 2. The molecule has 0 saturated heterocycles. The second kappa shape index (κ2) is 5.64. The maximum Gasteiger partial charge on any atom is 0.471 e. The lowest BCUT2D eigenvalue weighted by Gasteiger charge is -2.06. The summed E-state index contributed by atoms with van der Waals surface area (Å²) in [5, 5.41) is 5.77. The van der Waals surface area contributed by atoms with Crippen molar-refractivity contribution in [3.63, 3.8) is 0 Å². The third kappa shape index (κ3) is 3.49. The van der Waals surface area contributed by atoms with Gasteiger partial charge in [-0.05, 0) is 30.9 Å². The van der Waals surface area contributed by atoms with Gasteiger partial charge in [-0.1, -0.05) is 11.2 Å². The van der Waals surface area contributed by atoms with Crippen molar-refractivity contribution in [3.05, 3.63) is 35.5 Å². The standard InChI is InChI=1S/C14H11F4N3O2/c15-10-5-8(11-20-13(23-21-11)14(16,17)18)3-4-9(10)12(22)19-6-7-1-2-7/h3-5,7H,1-2,6H2,(H,19,22). The number of nitrogens with one attached hydrogen (secondary N) is 1. The Morgan fingerprint density at radius 3 is 2.65 bits per heavy atom. The van der Waals surface area contributed by atoms with E-state index in [4.69, 9.17) is 0 Å². The number of amides is 1. The molecule has 0 atom stereocenters. The molecule has 0 spiro atoms. The van der Waals surface area contributed by atoms with Gasteiger partial charge in [0.1, 0.15) is 5.82 Å². The van der Waals surface area contributed by atoms with Gasteiger partial charge in [0.2, 0.25) is 5.82 Å². The molecule has 1 aliphatic rings. The van der Waals surface area contributed by atoms with E-state index >= 15 is 0 Å². The lowest BCUT2D eigenvalue weighted by atomic mass is 10.1. The van der Waals surface area contributed by atoms with Crippen LogP contribution < -0.4 is 5.32 Å². The normalized spacial score (nSPS) is 14.8. The van der Waals surface area contributed by atoms with E-state index in [2.05, 4.69) is 20.0 Å². The van der Waals surface area contributed by atoms with Crippen LogP contribution in [0.5, 0.6) is 0 Å². The summed E-state index contributed by atoms with van der Waals surface area (Å²) in [6, 6.07) is 3.34. The van der Waals surface area contributed by atoms with E-state index < -0.39 is 29.6 Å². The molecule has 1 amide bonds. The number of aromatic nitrogens is 2. The summed E-state index contributed by atoms with van der Waals surface area (Å²) in [6.07, 6.45) is -2.69. The molecule has 1 aromatic carbocycles. The van der Waals surface area contributed by atoms with Crippen LogP contribution in [0.1, 0.15) is 29.1 Å². The molecule has 9 heteroatoms. The zero-order valence-corrected chi connectivity index (χ0v) is 11.7. The summed E-state index contributed by atoms with van der Waals surface area (Å²) in [7, 11) is 0. The van der Waals surface area contributed by atoms with Gasteiger partial charge < -0.3 is 9.84 Å². The first-order valence-corrected chi connectivity index (χ1v) is 6.83. The Balaban J connectivity index is 1.78. The van der Waals surface area contributed by atoms with Crippen LogP contribution in [0.3, 0.4) is 0 Å². The van der Waals surface area contributed by atoms with Crippen molar-refractivity contribution in [2.24, 2.45) is 5.92 Å². The van der Waals surface area contributed by atoms with Gasteiger partial charge in [-0.25, -0.2) is 4.39 Å². The van der Waals surface area contributed by atoms with Gasteiger partial charge in [-0.2, -0.15) is 18.2 Å². The first kappa shape index (κ1) is 15.4. The van der Waals surface area contributed by atoms with Gasteiger partial charge in [-0.15, -0.1) is 0 Å². The summed E-state index contributed by atoms with van der Waals surface area (Å²) < 4.78 is 55.3. The van der Waals surface area contributed by atoms with Crippen LogP contribution in [-0.4, -0.2) is 22.6 Å². The Labute approximate surface area is 127 Å². The van der Waals surface area contributed by atoms with E-state index in [-0.39, 0.29) is 11.1 Å². The van der Waals surface area contributed by atoms with Crippen molar-refractivity contribution in [1.29, 1.82) is 0 Å². The number of halogens is 4. The molecule has 0 bridgehead atoms. The van der Waals surface area contributed by atoms with E-state index in [1.165, 1.54) is 12.1 Å². The SMILES string of the molecule is O=C(NCC1CC1)c1ccc(-c2noc(C(F)(F)F)n2)cc1F. The highest BCUT2D eigenvalue weighted by atomic mass is 19.4. The van der Waals surface area contributed by atoms with E-state index in [0.717, 1.165) is 18.9 Å². The summed E-state index contributed by atoms with van der Waals surface area (Å²) in [4.78, 5) is 15.0. The Hall–Kier alpha value is -2.45. The molecule has 0 radical (unpaired) electrons. The van der Waals surface area contributed by atoms with Crippen LogP contribution in [-0.2, 0) is 6.18 Å². The number of hydrogen-bond donors (Lipinski definition) is 1. The summed E-state index contributed by atoms with van der Waals surface area (Å²) in [6.45, 7) is 0.486. The lowest BCUT2D eigenvalue weighted by molar-refractivity contribution is -0.159. The Kier molecular flexibility index (Phi) is 3.78. The monoisotopic (exact) mass is 329 g/mol. The average Bonchev–Trinajstić information content (AvgIpc) is 3.16. The predicted molar refractivity (Wildman–Crippen MR) is 69.8 cm³/mol. The minimum atomic E-state index is -4.77. The number of carbonyl (C=O) groups is 1. The van der Waals surface area contributed by atoms with Crippen LogP contribution in [0.15, 0.2) is 22.7 Å². The van der Waals surface area contributed by atoms with Gasteiger partial charge in [-0.3, -0.25) is 4.79 Å². The van der Waals surface area contributed by atoms with Gasteiger partial charge in [0.25, 0.3) is 5.91 Å². The van der Waals surface area contributed by atoms with Crippen molar-refractivity contribution in [2.75, 3.05) is 6.54 Å². The highest BCUT2D eigenvalue weighted by Gasteiger charge is 2.38. The zero-order chi connectivity index (χ0) is 16.6. The lowest BCUT2D eigenvalue weighted by Crippen LogP contribution is -2.26. The van der Waals surface area contributed by atoms with Gasteiger partial charge in [0, 0.05) is 12.1 Å². The average molecular weight is 329 g/mol. The molecule has 2 aromatic rings. The van der Waals surface area contributed by atoms with Crippen molar-refractivity contribution >= 4 is 5.91 Å². The van der Waals surface area contributed by atoms with E-state index in [1.807, 2.05) is 0 Å². The topological polar surface area (TPSA) is 68.0 Å². The molecule has 23 heavy (non-hydrogen) atoms. The number of hydrogen-bond acceptors (Lipinski definition) is 4. The molecule has 1 aromatic heterocycles. The van der Waals surface area contributed by atoms with Gasteiger partial charge in [0.15, 0.2) is 0 Å². The molecule has 0 aliphatic heterocycles. The Morgan fingerprint density at radius 2 is 2.09 bits per heavy atom. The Morgan fingerprint density at radius 1 is 1.35 bits per heavy atom. The number of rotatable bonds is 4. The van der Waals surface area contributed by atoms with Crippen LogP contribution >= 0.6 is 0 Å². The van der Waals surface area contributed by atoms with Crippen molar-refractivity contribution in [2.45, 2.75) is 19.0 Å². The first-order chi connectivity index (χ1) is 10.8. The smallest absolute Gasteiger partial charge is 0.352 e. The van der Waals surface area contributed by atoms with Crippen LogP contribution in [0.4, 0.5) is 17.6 Å². The third-order valence-electron chi connectivity index (χ3n) is 3.39. The summed E-state index contributed by atoms with van der Waals surface area (Å²) in [5.74, 6) is -2.90. The van der Waals surface area contributed by atoms with E-state index in [9.17, 15) is 22.4 Å². The third-order valence-corrected chi connectivity index (χ3v) is 3.39. The maximum absolute atomic E-state index is 14.0.